The zero-order chi connectivity index (χ0) is 14.3. The average Bonchev–Trinajstić information content (AvgIpc) is 2.38. The van der Waals surface area contributed by atoms with E-state index < -0.39 is 5.97 Å². The number of amides is 1. The summed E-state index contributed by atoms with van der Waals surface area (Å²) in [5, 5.41) is 8.49. The monoisotopic (exact) mass is 265 g/mol. The van der Waals surface area contributed by atoms with Crippen LogP contribution in [0.4, 0.5) is 0 Å². The van der Waals surface area contributed by atoms with Crippen molar-refractivity contribution >= 4 is 11.9 Å². The topological polar surface area (TPSA) is 66.8 Å². The van der Waals surface area contributed by atoms with Crippen LogP contribution < -0.4 is 4.74 Å². The SMILES string of the molecule is CCCC(=O)N(C)Cc1ccc(OCC(=O)O)cc1. The Balaban J connectivity index is 2.52. The molecule has 0 saturated carbocycles. The summed E-state index contributed by atoms with van der Waals surface area (Å²) >= 11 is 0. The van der Waals surface area contributed by atoms with E-state index in [0.717, 1.165) is 12.0 Å². The van der Waals surface area contributed by atoms with Gasteiger partial charge in [-0.15, -0.1) is 0 Å². The maximum Gasteiger partial charge on any atom is 0.341 e. The Bertz CT molecular complexity index is 428. The molecule has 0 spiro atoms. The van der Waals surface area contributed by atoms with Crippen molar-refractivity contribution in [2.24, 2.45) is 0 Å². The Morgan fingerprint density at radius 1 is 1.26 bits per heavy atom. The molecule has 0 unspecified atom stereocenters. The zero-order valence-corrected chi connectivity index (χ0v) is 11.3. The molecule has 0 atom stereocenters. The van der Waals surface area contributed by atoms with Gasteiger partial charge in [-0.25, -0.2) is 4.79 Å². The van der Waals surface area contributed by atoms with Gasteiger partial charge in [0.2, 0.25) is 5.91 Å². The van der Waals surface area contributed by atoms with Gasteiger partial charge in [-0.1, -0.05) is 19.1 Å². The van der Waals surface area contributed by atoms with Gasteiger partial charge in [0.25, 0.3) is 0 Å². The molecule has 0 saturated heterocycles. The number of carbonyl (C=O) groups excluding carboxylic acids is 1. The summed E-state index contributed by atoms with van der Waals surface area (Å²) < 4.78 is 5.03. The average molecular weight is 265 g/mol. The molecule has 5 nitrogen and oxygen atoms in total. The van der Waals surface area contributed by atoms with Crippen molar-refractivity contribution in [3.05, 3.63) is 29.8 Å². The highest BCUT2D eigenvalue weighted by molar-refractivity contribution is 5.75. The lowest BCUT2D eigenvalue weighted by molar-refractivity contribution is -0.139. The molecule has 1 rings (SSSR count). The van der Waals surface area contributed by atoms with Crippen molar-refractivity contribution in [1.82, 2.24) is 4.90 Å². The third-order valence-electron chi connectivity index (χ3n) is 2.60. The number of benzene rings is 1. The highest BCUT2D eigenvalue weighted by atomic mass is 16.5. The minimum atomic E-state index is -1.01. The predicted molar refractivity (Wildman–Crippen MR) is 71.0 cm³/mol. The fourth-order valence-corrected chi connectivity index (χ4v) is 1.60. The van der Waals surface area contributed by atoms with E-state index in [1.807, 2.05) is 19.1 Å². The number of rotatable bonds is 7. The number of hydrogen-bond donors (Lipinski definition) is 1. The molecule has 104 valence electrons. The highest BCUT2D eigenvalue weighted by Crippen LogP contribution is 2.13. The summed E-state index contributed by atoms with van der Waals surface area (Å²) in [5.41, 5.74) is 0.981. The Kier molecular flexibility index (Phi) is 5.85. The van der Waals surface area contributed by atoms with E-state index in [0.29, 0.717) is 18.7 Å². The molecule has 0 aliphatic carbocycles. The second-order valence-electron chi connectivity index (χ2n) is 4.33. The molecular formula is C14H19NO4. The number of carbonyl (C=O) groups is 2. The van der Waals surface area contributed by atoms with Crippen molar-refractivity contribution in [3.8, 4) is 5.75 Å². The number of hydrogen-bond acceptors (Lipinski definition) is 3. The van der Waals surface area contributed by atoms with Gasteiger partial charge in [0.05, 0.1) is 0 Å². The Morgan fingerprint density at radius 2 is 1.89 bits per heavy atom. The molecule has 0 fully saturated rings. The molecule has 1 aromatic rings. The smallest absolute Gasteiger partial charge is 0.341 e. The van der Waals surface area contributed by atoms with Crippen LogP contribution in [-0.4, -0.2) is 35.5 Å². The summed E-state index contributed by atoms with van der Waals surface area (Å²) in [4.78, 5) is 23.7. The first kappa shape index (κ1) is 15.0. The lowest BCUT2D eigenvalue weighted by Gasteiger charge is -2.17. The van der Waals surface area contributed by atoms with E-state index >= 15 is 0 Å². The Labute approximate surface area is 112 Å². The first-order valence-electron chi connectivity index (χ1n) is 6.20. The number of carboxylic acids is 1. The van der Waals surface area contributed by atoms with Gasteiger partial charge in [0, 0.05) is 20.0 Å². The maximum absolute atomic E-state index is 11.6. The number of ether oxygens (including phenoxy) is 1. The van der Waals surface area contributed by atoms with Gasteiger partial charge in [0.15, 0.2) is 6.61 Å². The molecule has 0 aliphatic heterocycles. The van der Waals surface area contributed by atoms with Crippen LogP contribution in [0.15, 0.2) is 24.3 Å². The van der Waals surface area contributed by atoms with Gasteiger partial charge in [0.1, 0.15) is 5.75 Å². The third-order valence-corrected chi connectivity index (χ3v) is 2.60. The van der Waals surface area contributed by atoms with Crippen LogP contribution in [0.1, 0.15) is 25.3 Å². The van der Waals surface area contributed by atoms with Crippen LogP contribution in [0, 0.1) is 0 Å². The van der Waals surface area contributed by atoms with E-state index in [4.69, 9.17) is 9.84 Å². The quantitative estimate of drug-likeness (QED) is 0.817. The molecule has 5 heteroatoms. The Hall–Kier alpha value is -2.04. The summed E-state index contributed by atoms with van der Waals surface area (Å²) in [6.45, 7) is 2.16. The van der Waals surface area contributed by atoms with Gasteiger partial charge in [-0.05, 0) is 24.1 Å². The number of nitrogens with zero attached hydrogens (tertiary/aromatic N) is 1. The van der Waals surface area contributed by atoms with Crippen LogP contribution in [0.2, 0.25) is 0 Å². The minimum absolute atomic E-state index is 0.119. The second-order valence-corrected chi connectivity index (χ2v) is 4.33. The van der Waals surface area contributed by atoms with Crippen molar-refractivity contribution in [2.45, 2.75) is 26.3 Å². The van der Waals surface area contributed by atoms with E-state index in [-0.39, 0.29) is 12.5 Å². The van der Waals surface area contributed by atoms with Gasteiger partial charge in [-0.3, -0.25) is 4.79 Å². The molecule has 1 N–H and O–H groups in total. The molecule has 19 heavy (non-hydrogen) atoms. The van der Waals surface area contributed by atoms with Crippen LogP contribution in [0.25, 0.3) is 0 Å². The van der Waals surface area contributed by atoms with Crippen molar-refractivity contribution in [3.63, 3.8) is 0 Å². The number of carboxylic acid groups (broad SMARTS) is 1. The normalized spacial score (nSPS) is 10.0. The van der Waals surface area contributed by atoms with Gasteiger partial charge < -0.3 is 14.7 Å². The van der Waals surface area contributed by atoms with Crippen molar-refractivity contribution < 1.29 is 19.4 Å². The molecule has 1 aromatic carbocycles. The molecule has 0 bridgehead atoms. The van der Waals surface area contributed by atoms with E-state index in [1.54, 1.807) is 24.1 Å². The third kappa shape index (κ3) is 5.42. The molecule has 1 amide bonds. The molecule has 0 heterocycles. The first-order valence-corrected chi connectivity index (χ1v) is 6.20. The lowest BCUT2D eigenvalue weighted by atomic mass is 10.2. The van der Waals surface area contributed by atoms with Crippen LogP contribution in [0.5, 0.6) is 5.75 Å². The van der Waals surface area contributed by atoms with Gasteiger partial charge >= 0.3 is 5.97 Å². The standard InChI is InChI=1S/C14H19NO4/c1-3-4-13(16)15(2)9-11-5-7-12(8-6-11)19-10-14(17)18/h5-8H,3-4,9-10H2,1-2H3,(H,17,18). The van der Waals surface area contributed by atoms with Crippen LogP contribution >= 0.6 is 0 Å². The molecule has 0 radical (unpaired) electrons. The van der Waals surface area contributed by atoms with Crippen LogP contribution in [0.3, 0.4) is 0 Å². The fourth-order valence-electron chi connectivity index (χ4n) is 1.60. The van der Waals surface area contributed by atoms with Crippen molar-refractivity contribution in [1.29, 1.82) is 0 Å². The second kappa shape index (κ2) is 7.41. The largest absolute Gasteiger partial charge is 0.482 e. The summed E-state index contributed by atoms with van der Waals surface area (Å²) in [6.07, 6.45) is 1.39. The summed E-state index contributed by atoms with van der Waals surface area (Å²) in [7, 11) is 1.77. The molecule has 0 aliphatic rings. The van der Waals surface area contributed by atoms with Crippen LogP contribution in [-0.2, 0) is 16.1 Å². The maximum atomic E-state index is 11.6. The highest BCUT2D eigenvalue weighted by Gasteiger charge is 2.08. The van der Waals surface area contributed by atoms with Crippen molar-refractivity contribution in [2.75, 3.05) is 13.7 Å². The Morgan fingerprint density at radius 3 is 2.42 bits per heavy atom. The van der Waals surface area contributed by atoms with E-state index in [9.17, 15) is 9.59 Å². The fraction of sp³-hybridized carbons (Fsp3) is 0.429. The molecule has 0 aromatic heterocycles. The predicted octanol–water partition coefficient (Wildman–Crippen LogP) is 1.91. The minimum Gasteiger partial charge on any atom is -0.482 e. The number of aliphatic carboxylic acids is 1. The lowest BCUT2D eigenvalue weighted by Crippen LogP contribution is -2.25. The van der Waals surface area contributed by atoms with Gasteiger partial charge in [-0.2, -0.15) is 0 Å². The van der Waals surface area contributed by atoms with E-state index in [2.05, 4.69) is 0 Å². The van der Waals surface area contributed by atoms with E-state index in [1.165, 1.54) is 0 Å². The zero-order valence-electron chi connectivity index (χ0n) is 11.3. The first-order chi connectivity index (χ1) is 9.02. The molecular weight excluding hydrogens is 246 g/mol. The summed E-state index contributed by atoms with van der Waals surface area (Å²) in [6, 6.07) is 7.06. The summed E-state index contributed by atoms with van der Waals surface area (Å²) in [5.74, 6) is -0.378.